The first kappa shape index (κ1) is 18.4. The van der Waals surface area contributed by atoms with Crippen molar-refractivity contribution in [3.8, 4) is 0 Å². The van der Waals surface area contributed by atoms with Gasteiger partial charge in [0.2, 0.25) is 0 Å². The Morgan fingerprint density at radius 1 is 1.50 bits per heavy atom. The highest BCUT2D eigenvalue weighted by molar-refractivity contribution is 5.95. The second-order valence-corrected chi connectivity index (χ2v) is 5.24. The highest BCUT2D eigenvalue weighted by Crippen LogP contribution is 2.34. The molecule has 0 radical (unpaired) electrons. The molecule has 0 saturated carbocycles. The molecule has 6 nitrogen and oxygen atoms in total. The zero-order valence-electron chi connectivity index (χ0n) is 12.9. The number of nitrogens with zero attached hydrogens (tertiary/aromatic N) is 3. The summed E-state index contributed by atoms with van der Waals surface area (Å²) < 4.78 is 45.1. The van der Waals surface area contributed by atoms with Crippen LogP contribution < -0.4 is 0 Å². The Morgan fingerprint density at radius 3 is 2.55 bits per heavy atom. The Hall–Kier alpha value is -1.61. The quantitative estimate of drug-likeness (QED) is 0.863. The standard InChI is InChI=1S/C13H20F3N3O3/c1-8(2)19-11(13(14,15)16)10(5-17-19)12(21)18(3)6-9(20)7-22-4/h5,8-9,20H,6-7H2,1-4H3. The van der Waals surface area contributed by atoms with E-state index in [1.807, 2.05) is 0 Å². The maximum absolute atomic E-state index is 13.2. The van der Waals surface area contributed by atoms with Crippen LogP contribution in [0.15, 0.2) is 6.20 Å². The van der Waals surface area contributed by atoms with Crippen molar-refractivity contribution >= 4 is 5.91 Å². The van der Waals surface area contributed by atoms with E-state index < -0.39 is 35.5 Å². The number of carbonyl (C=O) groups is 1. The number of carbonyl (C=O) groups excluding carboxylic acids is 1. The molecule has 0 aromatic carbocycles. The van der Waals surface area contributed by atoms with Crippen molar-refractivity contribution in [3.63, 3.8) is 0 Å². The van der Waals surface area contributed by atoms with E-state index in [4.69, 9.17) is 4.74 Å². The number of rotatable bonds is 6. The minimum absolute atomic E-state index is 0.0188. The number of aromatic nitrogens is 2. The number of alkyl halides is 3. The molecule has 0 aliphatic heterocycles. The minimum Gasteiger partial charge on any atom is -0.389 e. The highest BCUT2D eigenvalue weighted by atomic mass is 19.4. The second-order valence-electron chi connectivity index (χ2n) is 5.24. The maximum Gasteiger partial charge on any atom is 0.433 e. The van der Waals surface area contributed by atoms with Crippen molar-refractivity contribution in [3.05, 3.63) is 17.5 Å². The molecule has 1 aromatic heterocycles. The number of halogens is 3. The van der Waals surface area contributed by atoms with Gasteiger partial charge in [-0.1, -0.05) is 0 Å². The third-order valence-corrected chi connectivity index (χ3v) is 2.97. The van der Waals surface area contributed by atoms with E-state index in [2.05, 4.69) is 5.10 Å². The van der Waals surface area contributed by atoms with Gasteiger partial charge in [-0.25, -0.2) is 0 Å². The molecule has 1 amide bonds. The Balaban J connectivity index is 3.08. The molecule has 0 aliphatic carbocycles. The van der Waals surface area contributed by atoms with Crippen LogP contribution in [0, 0.1) is 0 Å². The van der Waals surface area contributed by atoms with Gasteiger partial charge in [-0.15, -0.1) is 0 Å². The molecule has 1 N–H and O–H groups in total. The van der Waals surface area contributed by atoms with E-state index in [1.54, 1.807) is 13.8 Å². The lowest BCUT2D eigenvalue weighted by atomic mass is 10.2. The lowest BCUT2D eigenvalue weighted by Crippen LogP contribution is -2.37. The van der Waals surface area contributed by atoms with Gasteiger partial charge in [-0.05, 0) is 13.8 Å². The molecule has 0 saturated heterocycles. The molecule has 0 fully saturated rings. The number of aliphatic hydroxyl groups is 1. The molecular weight excluding hydrogens is 303 g/mol. The summed E-state index contributed by atoms with van der Waals surface area (Å²) in [6.07, 6.45) is -4.77. The van der Waals surface area contributed by atoms with Crippen LogP contribution in [0.1, 0.15) is 35.9 Å². The van der Waals surface area contributed by atoms with Crippen molar-refractivity contribution in [1.29, 1.82) is 0 Å². The highest BCUT2D eigenvalue weighted by Gasteiger charge is 2.41. The molecule has 9 heteroatoms. The van der Waals surface area contributed by atoms with Crippen LogP contribution in [0.5, 0.6) is 0 Å². The summed E-state index contributed by atoms with van der Waals surface area (Å²) in [5.74, 6) is -0.852. The van der Waals surface area contributed by atoms with Crippen LogP contribution in [0.25, 0.3) is 0 Å². The summed E-state index contributed by atoms with van der Waals surface area (Å²) in [6, 6.07) is -0.539. The van der Waals surface area contributed by atoms with E-state index >= 15 is 0 Å². The predicted molar refractivity (Wildman–Crippen MR) is 72.5 cm³/mol. The lowest BCUT2D eigenvalue weighted by Gasteiger charge is -2.21. The molecule has 0 bridgehead atoms. The number of hydrogen-bond donors (Lipinski definition) is 1. The zero-order valence-corrected chi connectivity index (χ0v) is 12.9. The van der Waals surface area contributed by atoms with Crippen LogP contribution >= 0.6 is 0 Å². The lowest BCUT2D eigenvalue weighted by molar-refractivity contribution is -0.145. The van der Waals surface area contributed by atoms with Crippen LogP contribution in [0.3, 0.4) is 0 Å². The summed E-state index contributed by atoms with van der Waals surface area (Å²) in [7, 11) is 2.69. The SMILES string of the molecule is COCC(O)CN(C)C(=O)c1cnn(C(C)C)c1C(F)(F)F. The molecule has 1 heterocycles. The summed E-state index contributed by atoms with van der Waals surface area (Å²) in [5.41, 5.74) is -1.62. The van der Waals surface area contributed by atoms with Crippen molar-refractivity contribution < 1.29 is 27.8 Å². The van der Waals surface area contributed by atoms with Gasteiger partial charge in [0.15, 0.2) is 5.69 Å². The number of ether oxygens (including phenoxy) is 1. The normalized spacial score (nSPS) is 13.5. The van der Waals surface area contributed by atoms with Gasteiger partial charge in [-0.2, -0.15) is 18.3 Å². The first-order valence-corrected chi connectivity index (χ1v) is 6.66. The fourth-order valence-electron chi connectivity index (χ4n) is 2.04. The van der Waals surface area contributed by atoms with E-state index in [0.717, 1.165) is 15.8 Å². The number of aliphatic hydroxyl groups excluding tert-OH is 1. The minimum atomic E-state index is -4.70. The van der Waals surface area contributed by atoms with Gasteiger partial charge in [0.25, 0.3) is 5.91 Å². The molecule has 1 unspecified atom stereocenters. The third kappa shape index (κ3) is 4.20. The number of amides is 1. The van der Waals surface area contributed by atoms with Gasteiger partial charge in [-0.3, -0.25) is 9.48 Å². The zero-order chi connectivity index (χ0) is 17.1. The van der Waals surface area contributed by atoms with Crippen LogP contribution in [0.2, 0.25) is 0 Å². The Bertz CT molecular complexity index is 514. The Morgan fingerprint density at radius 2 is 2.09 bits per heavy atom. The summed E-state index contributed by atoms with van der Waals surface area (Å²) in [4.78, 5) is 13.2. The molecular formula is C13H20F3N3O3. The van der Waals surface area contributed by atoms with Crippen LogP contribution in [0.4, 0.5) is 13.2 Å². The Kier molecular flexibility index (Phi) is 5.95. The van der Waals surface area contributed by atoms with Crippen molar-refractivity contribution in [2.75, 3.05) is 27.3 Å². The van der Waals surface area contributed by atoms with E-state index in [9.17, 15) is 23.1 Å². The van der Waals surface area contributed by atoms with E-state index in [-0.39, 0.29) is 13.2 Å². The fraction of sp³-hybridized carbons (Fsp3) is 0.692. The summed E-state index contributed by atoms with van der Waals surface area (Å²) in [5, 5.41) is 13.2. The first-order valence-electron chi connectivity index (χ1n) is 6.66. The summed E-state index contributed by atoms with van der Waals surface area (Å²) >= 11 is 0. The van der Waals surface area contributed by atoms with E-state index in [1.165, 1.54) is 14.2 Å². The largest absolute Gasteiger partial charge is 0.433 e. The maximum atomic E-state index is 13.2. The van der Waals surface area contributed by atoms with Gasteiger partial charge < -0.3 is 14.7 Å². The van der Waals surface area contributed by atoms with Crippen LogP contribution in [-0.2, 0) is 10.9 Å². The number of likely N-dealkylation sites (N-methyl/N-ethyl adjacent to an activating group) is 1. The molecule has 1 atom stereocenters. The fourth-order valence-corrected chi connectivity index (χ4v) is 2.04. The molecule has 126 valence electrons. The van der Waals surface area contributed by atoms with Gasteiger partial charge >= 0.3 is 6.18 Å². The van der Waals surface area contributed by atoms with E-state index in [0.29, 0.717) is 0 Å². The molecule has 0 spiro atoms. The average molecular weight is 323 g/mol. The molecule has 1 rings (SSSR count). The third-order valence-electron chi connectivity index (χ3n) is 2.97. The van der Waals surface area contributed by atoms with Crippen LogP contribution in [-0.4, -0.2) is 59.1 Å². The van der Waals surface area contributed by atoms with Gasteiger partial charge in [0.05, 0.1) is 24.5 Å². The van der Waals surface area contributed by atoms with Gasteiger partial charge in [0.1, 0.15) is 0 Å². The average Bonchev–Trinajstić information content (AvgIpc) is 2.82. The predicted octanol–water partition coefficient (Wildman–Crippen LogP) is 1.56. The number of methoxy groups -OCH3 is 1. The molecule has 22 heavy (non-hydrogen) atoms. The van der Waals surface area contributed by atoms with Gasteiger partial charge in [0, 0.05) is 26.7 Å². The smallest absolute Gasteiger partial charge is 0.389 e. The first-order chi connectivity index (χ1) is 10.1. The number of hydrogen-bond acceptors (Lipinski definition) is 4. The van der Waals surface area contributed by atoms with Crippen molar-refractivity contribution in [1.82, 2.24) is 14.7 Å². The van der Waals surface area contributed by atoms with Crippen molar-refractivity contribution in [2.24, 2.45) is 0 Å². The topological polar surface area (TPSA) is 67.6 Å². The molecule has 0 aliphatic rings. The van der Waals surface area contributed by atoms with Crippen molar-refractivity contribution in [2.45, 2.75) is 32.2 Å². The Labute approximate surface area is 126 Å². The molecule has 1 aromatic rings. The second kappa shape index (κ2) is 7.10. The summed E-state index contributed by atoms with van der Waals surface area (Å²) in [6.45, 7) is 2.93. The monoisotopic (exact) mass is 323 g/mol.